The standard InChI is InChI=1S/C9H16N2O3/c1-9(7-14-9)6-10-2-4-11(5-3-10)8(12)13/h2-7H2,1H3,(H,12,13)/t9-/m0/s1. The average molecular weight is 200 g/mol. The van der Waals surface area contributed by atoms with Gasteiger partial charge in [-0.2, -0.15) is 0 Å². The number of epoxide rings is 1. The van der Waals surface area contributed by atoms with Crippen molar-refractivity contribution in [3.05, 3.63) is 0 Å². The molecule has 5 heteroatoms. The third kappa shape index (κ3) is 2.16. The Kier molecular flexibility index (Phi) is 2.36. The van der Waals surface area contributed by atoms with Gasteiger partial charge in [-0.15, -0.1) is 0 Å². The first kappa shape index (κ1) is 9.73. The second-order valence-electron chi connectivity index (χ2n) is 4.28. The average Bonchev–Trinajstić information content (AvgIpc) is 2.84. The van der Waals surface area contributed by atoms with Gasteiger partial charge in [-0.05, 0) is 6.92 Å². The van der Waals surface area contributed by atoms with Crippen molar-refractivity contribution in [2.75, 3.05) is 39.3 Å². The molecule has 80 valence electrons. The van der Waals surface area contributed by atoms with Gasteiger partial charge in [0.2, 0.25) is 0 Å². The Balaban J connectivity index is 1.75. The summed E-state index contributed by atoms with van der Waals surface area (Å²) >= 11 is 0. The van der Waals surface area contributed by atoms with E-state index in [2.05, 4.69) is 11.8 Å². The number of ether oxygens (including phenoxy) is 1. The van der Waals surface area contributed by atoms with E-state index in [-0.39, 0.29) is 5.60 Å². The fourth-order valence-electron chi connectivity index (χ4n) is 1.78. The minimum Gasteiger partial charge on any atom is -0.465 e. The van der Waals surface area contributed by atoms with Crippen LogP contribution in [0.2, 0.25) is 0 Å². The van der Waals surface area contributed by atoms with Crippen molar-refractivity contribution in [3.8, 4) is 0 Å². The van der Waals surface area contributed by atoms with Crippen molar-refractivity contribution in [3.63, 3.8) is 0 Å². The Labute approximate surface area is 83.2 Å². The highest BCUT2D eigenvalue weighted by Crippen LogP contribution is 2.27. The topological polar surface area (TPSA) is 56.3 Å². The van der Waals surface area contributed by atoms with Crippen molar-refractivity contribution in [2.24, 2.45) is 0 Å². The molecule has 2 rings (SSSR count). The van der Waals surface area contributed by atoms with E-state index in [1.807, 2.05) is 0 Å². The number of carbonyl (C=O) groups is 1. The molecule has 1 N–H and O–H groups in total. The minimum atomic E-state index is -0.807. The molecule has 2 aliphatic heterocycles. The molecule has 2 fully saturated rings. The quantitative estimate of drug-likeness (QED) is 0.641. The van der Waals surface area contributed by atoms with E-state index < -0.39 is 6.09 Å². The fourth-order valence-corrected chi connectivity index (χ4v) is 1.78. The number of amides is 1. The molecule has 0 saturated carbocycles. The summed E-state index contributed by atoms with van der Waals surface area (Å²) in [6, 6.07) is 0. The van der Waals surface area contributed by atoms with Crippen LogP contribution in [0.5, 0.6) is 0 Å². The van der Waals surface area contributed by atoms with Crippen LogP contribution < -0.4 is 0 Å². The number of hydrogen-bond acceptors (Lipinski definition) is 3. The van der Waals surface area contributed by atoms with E-state index in [0.29, 0.717) is 13.1 Å². The van der Waals surface area contributed by atoms with E-state index in [1.165, 1.54) is 4.90 Å². The van der Waals surface area contributed by atoms with Crippen LogP contribution in [-0.2, 0) is 4.74 Å². The monoisotopic (exact) mass is 200 g/mol. The van der Waals surface area contributed by atoms with Crippen LogP contribution in [0.1, 0.15) is 6.92 Å². The smallest absolute Gasteiger partial charge is 0.407 e. The molecule has 1 atom stereocenters. The highest BCUT2D eigenvalue weighted by molar-refractivity contribution is 5.65. The summed E-state index contributed by atoms with van der Waals surface area (Å²) in [6.07, 6.45) is -0.807. The van der Waals surface area contributed by atoms with Crippen molar-refractivity contribution < 1.29 is 14.6 Å². The third-order valence-electron chi connectivity index (χ3n) is 2.84. The third-order valence-corrected chi connectivity index (χ3v) is 2.84. The van der Waals surface area contributed by atoms with Gasteiger partial charge in [-0.25, -0.2) is 4.79 Å². The highest BCUT2D eigenvalue weighted by Gasteiger charge is 2.41. The van der Waals surface area contributed by atoms with Gasteiger partial charge in [0.05, 0.1) is 6.61 Å². The molecule has 14 heavy (non-hydrogen) atoms. The Morgan fingerprint density at radius 3 is 2.43 bits per heavy atom. The number of rotatable bonds is 2. The van der Waals surface area contributed by atoms with Gasteiger partial charge in [-0.3, -0.25) is 4.90 Å². The maximum atomic E-state index is 10.6. The van der Waals surface area contributed by atoms with Crippen LogP contribution in [0, 0.1) is 0 Å². The van der Waals surface area contributed by atoms with E-state index in [9.17, 15) is 4.79 Å². The maximum Gasteiger partial charge on any atom is 0.407 e. The van der Waals surface area contributed by atoms with Gasteiger partial charge in [-0.1, -0.05) is 0 Å². The first-order valence-electron chi connectivity index (χ1n) is 4.93. The molecule has 0 aromatic heterocycles. The number of nitrogens with zero attached hydrogens (tertiary/aromatic N) is 2. The lowest BCUT2D eigenvalue weighted by molar-refractivity contribution is 0.0944. The largest absolute Gasteiger partial charge is 0.465 e. The second kappa shape index (κ2) is 3.40. The lowest BCUT2D eigenvalue weighted by Gasteiger charge is -2.33. The molecular formula is C9H16N2O3. The Bertz CT molecular complexity index is 232. The molecule has 0 bridgehead atoms. The summed E-state index contributed by atoms with van der Waals surface area (Å²) in [6.45, 7) is 6.75. The summed E-state index contributed by atoms with van der Waals surface area (Å²) in [5.74, 6) is 0. The zero-order valence-corrected chi connectivity index (χ0v) is 8.40. The van der Waals surface area contributed by atoms with Crippen LogP contribution in [0.25, 0.3) is 0 Å². The Hall–Kier alpha value is -0.810. The molecule has 1 amide bonds. The predicted molar refractivity (Wildman–Crippen MR) is 50.4 cm³/mol. The number of piperazine rings is 1. The molecular weight excluding hydrogens is 184 g/mol. The molecule has 0 aliphatic carbocycles. The van der Waals surface area contributed by atoms with Crippen LogP contribution in [-0.4, -0.2) is 65.9 Å². The van der Waals surface area contributed by atoms with Gasteiger partial charge < -0.3 is 14.7 Å². The molecule has 0 unspecified atom stereocenters. The lowest BCUT2D eigenvalue weighted by atomic mass is 10.2. The van der Waals surface area contributed by atoms with Crippen molar-refractivity contribution in [1.82, 2.24) is 9.80 Å². The number of carboxylic acid groups (broad SMARTS) is 1. The SMILES string of the molecule is C[C@]1(CN2CCN(C(=O)O)CC2)CO1. The first-order valence-corrected chi connectivity index (χ1v) is 4.93. The lowest BCUT2D eigenvalue weighted by Crippen LogP contribution is -2.50. The van der Waals surface area contributed by atoms with Crippen LogP contribution in [0.4, 0.5) is 4.79 Å². The molecule has 0 aromatic rings. The van der Waals surface area contributed by atoms with Crippen molar-refractivity contribution in [2.45, 2.75) is 12.5 Å². The molecule has 2 aliphatic rings. The van der Waals surface area contributed by atoms with Crippen molar-refractivity contribution >= 4 is 6.09 Å². The minimum absolute atomic E-state index is 0.0470. The summed E-state index contributed by atoms with van der Waals surface area (Å²) in [7, 11) is 0. The Morgan fingerprint density at radius 1 is 1.43 bits per heavy atom. The summed E-state index contributed by atoms with van der Waals surface area (Å²) < 4.78 is 5.30. The zero-order valence-electron chi connectivity index (χ0n) is 8.40. The van der Waals surface area contributed by atoms with Crippen LogP contribution in [0.3, 0.4) is 0 Å². The molecule has 0 radical (unpaired) electrons. The molecule has 5 nitrogen and oxygen atoms in total. The predicted octanol–water partition coefficient (Wildman–Crippen LogP) is 0.0709. The molecule has 2 heterocycles. The fraction of sp³-hybridized carbons (Fsp3) is 0.889. The molecule has 2 saturated heterocycles. The van der Waals surface area contributed by atoms with Gasteiger partial charge in [0.1, 0.15) is 5.60 Å². The van der Waals surface area contributed by atoms with Crippen LogP contribution in [0.15, 0.2) is 0 Å². The summed E-state index contributed by atoms with van der Waals surface area (Å²) in [5.41, 5.74) is 0.0470. The van der Waals surface area contributed by atoms with E-state index >= 15 is 0 Å². The van der Waals surface area contributed by atoms with Crippen molar-refractivity contribution in [1.29, 1.82) is 0 Å². The van der Waals surface area contributed by atoms with Crippen LogP contribution >= 0.6 is 0 Å². The second-order valence-corrected chi connectivity index (χ2v) is 4.28. The summed E-state index contributed by atoms with van der Waals surface area (Å²) in [5, 5.41) is 8.75. The summed E-state index contributed by atoms with van der Waals surface area (Å²) in [4.78, 5) is 14.4. The van der Waals surface area contributed by atoms with Gasteiger partial charge in [0.15, 0.2) is 0 Å². The van der Waals surface area contributed by atoms with E-state index in [4.69, 9.17) is 9.84 Å². The van der Waals surface area contributed by atoms with Gasteiger partial charge in [0, 0.05) is 32.7 Å². The molecule has 0 spiro atoms. The van der Waals surface area contributed by atoms with E-state index in [1.54, 1.807) is 0 Å². The van der Waals surface area contributed by atoms with Gasteiger partial charge >= 0.3 is 6.09 Å². The maximum absolute atomic E-state index is 10.6. The first-order chi connectivity index (χ1) is 6.59. The molecule has 0 aromatic carbocycles. The normalized spacial score (nSPS) is 33.1. The zero-order chi connectivity index (χ0) is 10.2. The Morgan fingerprint density at radius 2 is 2.00 bits per heavy atom. The highest BCUT2D eigenvalue weighted by atomic mass is 16.6. The van der Waals surface area contributed by atoms with E-state index in [0.717, 1.165) is 26.2 Å². The number of hydrogen-bond donors (Lipinski definition) is 1. The van der Waals surface area contributed by atoms with Gasteiger partial charge in [0.25, 0.3) is 0 Å².